The van der Waals surface area contributed by atoms with Gasteiger partial charge in [-0.25, -0.2) is 0 Å². The van der Waals surface area contributed by atoms with Gasteiger partial charge in [-0.1, -0.05) is 60.1 Å². The van der Waals surface area contributed by atoms with Crippen LogP contribution in [0.2, 0.25) is 5.02 Å². The number of rotatable bonds is 6. The maximum Gasteiger partial charge on any atom is 0.253 e. The summed E-state index contributed by atoms with van der Waals surface area (Å²) in [4.78, 5) is 14.9. The van der Waals surface area contributed by atoms with Crippen LogP contribution in [0.3, 0.4) is 0 Å². The lowest BCUT2D eigenvalue weighted by Crippen LogP contribution is -2.40. The van der Waals surface area contributed by atoms with Crippen molar-refractivity contribution in [2.24, 2.45) is 5.92 Å². The summed E-state index contributed by atoms with van der Waals surface area (Å²) in [6.45, 7) is 1.95. The van der Waals surface area contributed by atoms with Gasteiger partial charge < -0.3 is 14.7 Å². The van der Waals surface area contributed by atoms with Crippen LogP contribution in [0.4, 0.5) is 0 Å². The van der Waals surface area contributed by atoms with E-state index in [4.69, 9.17) is 16.3 Å². The molecule has 5 rings (SSSR count). The molecule has 4 nitrogen and oxygen atoms in total. The van der Waals surface area contributed by atoms with Crippen molar-refractivity contribution in [2.45, 2.75) is 19.4 Å². The molecule has 35 heavy (non-hydrogen) atoms. The van der Waals surface area contributed by atoms with E-state index < -0.39 is 0 Å². The number of likely N-dealkylation sites (tertiary alicyclic amines) is 1. The van der Waals surface area contributed by atoms with Crippen molar-refractivity contribution in [1.29, 1.82) is 0 Å². The second kappa shape index (κ2) is 10.5. The Kier molecular flexibility index (Phi) is 7.03. The average Bonchev–Trinajstić information content (AvgIpc) is 2.92. The molecule has 0 aliphatic carbocycles. The predicted molar refractivity (Wildman–Crippen MR) is 141 cm³/mol. The summed E-state index contributed by atoms with van der Waals surface area (Å²) in [5.41, 5.74) is 3.97. The van der Waals surface area contributed by atoms with Crippen molar-refractivity contribution in [1.82, 2.24) is 4.90 Å². The van der Waals surface area contributed by atoms with Crippen molar-refractivity contribution in [3.8, 4) is 16.9 Å². The molecule has 0 saturated carbocycles. The monoisotopic (exact) mass is 485 g/mol. The summed E-state index contributed by atoms with van der Waals surface area (Å²) < 4.78 is 5.90. The Labute approximate surface area is 210 Å². The number of benzene rings is 4. The Hall–Kier alpha value is -3.34. The van der Waals surface area contributed by atoms with Crippen LogP contribution in [0, 0.1) is 5.92 Å². The molecule has 4 aromatic rings. The van der Waals surface area contributed by atoms with Crippen molar-refractivity contribution in [3.63, 3.8) is 0 Å². The third-order valence-corrected chi connectivity index (χ3v) is 6.96. The quantitative estimate of drug-likeness (QED) is 0.335. The number of piperidine rings is 1. The number of aliphatic hydroxyl groups is 1. The van der Waals surface area contributed by atoms with Gasteiger partial charge in [0.15, 0.2) is 0 Å². The highest BCUT2D eigenvalue weighted by atomic mass is 35.5. The second-order valence-corrected chi connectivity index (χ2v) is 9.55. The molecule has 0 radical (unpaired) electrons. The highest BCUT2D eigenvalue weighted by Gasteiger charge is 2.24. The molecule has 178 valence electrons. The van der Waals surface area contributed by atoms with Gasteiger partial charge in [0.25, 0.3) is 5.91 Å². The Morgan fingerprint density at radius 3 is 2.60 bits per heavy atom. The SMILES string of the molecule is O=C(c1ccc2cc(-c3cccc(COc4ccccc4Cl)c3)ccc2c1)N1CCCC(CO)C1. The Bertz CT molecular complexity index is 1350. The fourth-order valence-electron chi connectivity index (χ4n) is 4.70. The molecule has 1 unspecified atom stereocenters. The number of aliphatic hydroxyl groups excluding tert-OH is 1. The van der Waals surface area contributed by atoms with Crippen LogP contribution in [-0.4, -0.2) is 35.6 Å². The highest BCUT2D eigenvalue weighted by molar-refractivity contribution is 6.32. The van der Waals surface area contributed by atoms with Gasteiger partial charge in [-0.3, -0.25) is 4.79 Å². The molecule has 1 saturated heterocycles. The number of para-hydroxylation sites is 1. The van der Waals surface area contributed by atoms with Crippen LogP contribution in [0.25, 0.3) is 21.9 Å². The zero-order valence-corrected chi connectivity index (χ0v) is 20.2. The third-order valence-electron chi connectivity index (χ3n) is 6.64. The molecule has 1 N–H and O–H groups in total. The number of hydrogen-bond acceptors (Lipinski definition) is 3. The first kappa shape index (κ1) is 23.4. The van der Waals surface area contributed by atoms with Crippen LogP contribution in [0.15, 0.2) is 84.9 Å². The number of halogens is 1. The van der Waals surface area contributed by atoms with E-state index in [1.807, 2.05) is 59.5 Å². The highest BCUT2D eigenvalue weighted by Crippen LogP contribution is 2.28. The molecular formula is C30H28ClNO3. The zero-order valence-electron chi connectivity index (χ0n) is 19.5. The number of ether oxygens (including phenoxy) is 1. The number of carbonyl (C=O) groups is 1. The van der Waals surface area contributed by atoms with Gasteiger partial charge >= 0.3 is 0 Å². The molecule has 0 spiro atoms. The van der Waals surface area contributed by atoms with E-state index >= 15 is 0 Å². The minimum absolute atomic E-state index is 0.0420. The lowest BCUT2D eigenvalue weighted by Gasteiger charge is -2.32. The van der Waals surface area contributed by atoms with Gasteiger partial charge in [-0.05, 0) is 82.6 Å². The van der Waals surface area contributed by atoms with Gasteiger partial charge in [0.05, 0.1) is 5.02 Å². The number of hydrogen-bond donors (Lipinski definition) is 1. The van der Waals surface area contributed by atoms with Crippen LogP contribution >= 0.6 is 11.6 Å². The van der Waals surface area contributed by atoms with E-state index in [2.05, 4.69) is 30.3 Å². The van der Waals surface area contributed by atoms with Crippen LogP contribution in [-0.2, 0) is 6.61 Å². The molecule has 1 heterocycles. The standard InChI is InChI=1S/C30H28ClNO3/c31-28-8-1-2-9-29(28)35-20-21-5-3-7-23(15-21)24-10-11-26-17-27(13-12-25(26)16-24)30(34)32-14-4-6-22(18-32)19-33/h1-3,5,7-13,15-17,22,33H,4,6,14,18-20H2. The molecule has 1 atom stereocenters. The molecule has 1 aliphatic rings. The number of nitrogens with zero attached hydrogens (tertiary/aromatic N) is 1. The predicted octanol–water partition coefficient (Wildman–Crippen LogP) is 6.58. The van der Waals surface area contributed by atoms with Crippen molar-refractivity contribution in [2.75, 3.05) is 19.7 Å². The van der Waals surface area contributed by atoms with Gasteiger partial charge in [0, 0.05) is 25.3 Å². The molecule has 1 amide bonds. The van der Waals surface area contributed by atoms with E-state index in [1.54, 1.807) is 0 Å². The van der Waals surface area contributed by atoms with E-state index in [1.165, 1.54) is 0 Å². The number of amides is 1. The van der Waals surface area contributed by atoms with Gasteiger partial charge in [-0.15, -0.1) is 0 Å². The zero-order chi connectivity index (χ0) is 24.2. The molecular weight excluding hydrogens is 458 g/mol. The first-order valence-corrected chi connectivity index (χ1v) is 12.4. The maximum absolute atomic E-state index is 13.0. The number of carbonyl (C=O) groups excluding carboxylic acids is 1. The van der Waals surface area contributed by atoms with Gasteiger partial charge in [-0.2, -0.15) is 0 Å². The first-order chi connectivity index (χ1) is 17.1. The van der Waals surface area contributed by atoms with Crippen molar-refractivity contribution in [3.05, 3.63) is 101 Å². The van der Waals surface area contributed by atoms with E-state index in [0.29, 0.717) is 29.5 Å². The lowest BCUT2D eigenvalue weighted by molar-refractivity contribution is 0.0621. The lowest BCUT2D eigenvalue weighted by atomic mass is 9.97. The van der Waals surface area contributed by atoms with E-state index in [-0.39, 0.29) is 18.4 Å². The van der Waals surface area contributed by atoms with Crippen molar-refractivity contribution < 1.29 is 14.6 Å². The van der Waals surface area contributed by atoms with E-state index in [0.717, 1.165) is 46.8 Å². The van der Waals surface area contributed by atoms with Gasteiger partial charge in [0.2, 0.25) is 0 Å². The summed E-state index contributed by atoms with van der Waals surface area (Å²) >= 11 is 6.20. The molecule has 0 aromatic heterocycles. The summed E-state index contributed by atoms with van der Waals surface area (Å²) in [6.07, 6.45) is 1.92. The molecule has 0 bridgehead atoms. The fraction of sp³-hybridized carbons (Fsp3) is 0.233. The minimum atomic E-state index is 0.0420. The van der Waals surface area contributed by atoms with Gasteiger partial charge in [0.1, 0.15) is 12.4 Å². The van der Waals surface area contributed by atoms with Crippen LogP contribution < -0.4 is 4.74 Å². The third kappa shape index (κ3) is 5.34. The first-order valence-electron chi connectivity index (χ1n) is 12.0. The second-order valence-electron chi connectivity index (χ2n) is 9.14. The maximum atomic E-state index is 13.0. The smallest absolute Gasteiger partial charge is 0.253 e. The summed E-state index contributed by atoms with van der Waals surface area (Å²) in [7, 11) is 0. The Balaban J connectivity index is 1.33. The summed E-state index contributed by atoms with van der Waals surface area (Å²) in [5, 5.41) is 12.2. The van der Waals surface area contributed by atoms with Crippen LogP contribution in [0.5, 0.6) is 5.75 Å². The summed E-state index contributed by atoms with van der Waals surface area (Å²) in [6, 6.07) is 28.0. The number of fused-ring (bicyclic) bond motifs is 1. The molecule has 1 aliphatic heterocycles. The topological polar surface area (TPSA) is 49.8 Å². The molecule has 5 heteroatoms. The largest absolute Gasteiger partial charge is 0.487 e. The van der Waals surface area contributed by atoms with Crippen molar-refractivity contribution >= 4 is 28.3 Å². The fourth-order valence-corrected chi connectivity index (χ4v) is 4.89. The Morgan fingerprint density at radius 1 is 0.943 bits per heavy atom. The van der Waals surface area contributed by atoms with Crippen LogP contribution in [0.1, 0.15) is 28.8 Å². The normalized spacial score (nSPS) is 15.8. The molecule has 1 fully saturated rings. The van der Waals surface area contributed by atoms with E-state index in [9.17, 15) is 9.90 Å². The molecule has 4 aromatic carbocycles. The Morgan fingerprint density at radius 2 is 1.74 bits per heavy atom. The minimum Gasteiger partial charge on any atom is -0.487 e. The summed E-state index contributed by atoms with van der Waals surface area (Å²) in [5.74, 6) is 0.897. The average molecular weight is 486 g/mol.